The SMILES string of the molecule is COc1cc(C)ccc1NC(=O)c1nn(-c2ccc(F)cc2)c2c1CCC2. The van der Waals surface area contributed by atoms with Gasteiger partial charge in [-0.25, -0.2) is 9.07 Å². The van der Waals surface area contributed by atoms with Crippen LogP contribution in [0.1, 0.15) is 33.7 Å². The Morgan fingerprint density at radius 2 is 1.96 bits per heavy atom. The van der Waals surface area contributed by atoms with Crippen LogP contribution in [-0.4, -0.2) is 22.8 Å². The van der Waals surface area contributed by atoms with Crippen molar-refractivity contribution in [3.63, 3.8) is 0 Å². The maximum atomic E-state index is 13.2. The van der Waals surface area contributed by atoms with Crippen molar-refractivity contribution < 1.29 is 13.9 Å². The fourth-order valence-electron chi connectivity index (χ4n) is 3.50. The number of amides is 1. The molecule has 1 heterocycles. The fraction of sp³-hybridized carbons (Fsp3) is 0.238. The Morgan fingerprint density at radius 3 is 2.70 bits per heavy atom. The van der Waals surface area contributed by atoms with Crippen molar-refractivity contribution in [3.05, 3.63) is 70.8 Å². The van der Waals surface area contributed by atoms with Gasteiger partial charge in [-0.2, -0.15) is 5.10 Å². The van der Waals surface area contributed by atoms with Crippen molar-refractivity contribution in [2.75, 3.05) is 12.4 Å². The number of nitrogens with zero attached hydrogens (tertiary/aromatic N) is 2. The lowest BCUT2D eigenvalue weighted by Crippen LogP contribution is -2.15. The number of hydrogen-bond acceptors (Lipinski definition) is 3. The van der Waals surface area contributed by atoms with E-state index in [1.54, 1.807) is 23.9 Å². The summed E-state index contributed by atoms with van der Waals surface area (Å²) in [6.45, 7) is 1.96. The number of anilines is 1. The van der Waals surface area contributed by atoms with Crippen LogP contribution < -0.4 is 10.1 Å². The first-order valence-electron chi connectivity index (χ1n) is 8.89. The number of fused-ring (bicyclic) bond motifs is 1. The summed E-state index contributed by atoms with van der Waals surface area (Å²) >= 11 is 0. The lowest BCUT2D eigenvalue weighted by atomic mass is 10.1. The second kappa shape index (κ2) is 6.87. The highest BCUT2D eigenvalue weighted by Gasteiger charge is 2.27. The van der Waals surface area contributed by atoms with Gasteiger partial charge in [0.05, 0.1) is 18.5 Å². The van der Waals surface area contributed by atoms with Gasteiger partial charge in [0.2, 0.25) is 0 Å². The zero-order chi connectivity index (χ0) is 19.0. The smallest absolute Gasteiger partial charge is 0.276 e. The second-order valence-electron chi connectivity index (χ2n) is 6.67. The molecule has 1 aliphatic rings. The van der Waals surface area contributed by atoms with Crippen molar-refractivity contribution in [1.82, 2.24) is 9.78 Å². The lowest BCUT2D eigenvalue weighted by Gasteiger charge is -2.10. The monoisotopic (exact) mass is 365 g/mol. The van der Waals surface area contributed by atoms with Crippen molar-refractivity contribution in [2.45, 2.75) is 26.2 Å². The summed E-state index contributed by atoms with van der Waals surface area (Å²) in [4.78, 5) is 12.9. The van der Waals surface area contributed by atoms with Gasteiger partial charge >= 0.3 is 0 Å². The third-order valence-electron chi connectivity index (χ3n) is 4.82. The van der Waals surface area contributed by atoms with Gasteiger partial charge in [-0.1, -0.05) is 6.07 Å². The molecule has 5 nitrogen and oxygen atoms in total. The zero-order valence-electron chi connectivity index (χ0n) is 15.3. The average molecular weight is 365 g/mol. The second-order valence-corrected chi connectivity index (χ2v) is 6.67. The Bertz CT molecular complexity index is 1010. The largest absolute Gasteiger partial charge is 0.495 e. The van der Waals surface area contributed by atoms with Crippen LogP contribution in [0.2, 0.25) is 0 Å². The molecule has 1 aromatic heterocycles. The number of hydrogen-bond donors (Lipinski definition) is 1. The molecule has 3 aromatic rings. The van der Waals surface area contributed by atoms with E-state index < -0.39 is 0 Å². The first-order valence-corrected chi connectivity index (χ1v) is 8.89. The van der Waals surface area contributed by atoms with Gasteiger partial charge in [-0.05, 0) is 68.1 Å². The standard InChI is InChI=1S/C21H20FN3O2/c1-13-6-11-17(19(12-13)27-2)23-21(26)20-16-4-3-5-18(16)25(24-20)15-9-7-14(22)8-10-15/h6-12H,3-5H2,1-2H3,(H,23,26). The molecule has 0 unspecified atom stereocenters. The Morgan fingerprint density at radius 1 is 1.19 bits per heavy atom. The molecule has 0 saturated heterocycles. The minimum Gasteiger partial charge on any atom is -0.495 e. The van der Waals surface area contributed by atoms with Crippen LogP contribution in [0, 0.1) is 12.7 Å². The van der Waals surface area contributed by atoms with Crippen LogP contribution in [0.25, 0.3) is 5.69 Å². The number of ether oxygens (including phenoxy) is 1. The summed E-state index contributed by atoms with van der Waals surface area (Å²) in [5.74, 6) is 0.0427. The molecule has 0 radical (unpaired) electrons. The highest BCUT2D eigenvalue weighted by Crippen LogP contribution is 2.30. The number of benzene rings is 2. The van der Waals surface area contributed by atoms with Crippen LogP contribution in [0.15, 0.2) is 42.5 Å². The first-order chi connectivity index (χ1) is 13.1. The molecule has 0 atom stereocenters. The Balaban J connectivity index is 1.69. The normalized spacial score (nSPS) is 12.7. The number of nitrogens with one attached hydrogen (secondary N) is 1. The van der Waals surface area contributed by atoms with E-state index in [1.807, 2.05) is 25.1 Å². The summed E-state index contributed by atoms with van der Waals surface area (Å²) in [5.41, 5.74) is 4.80. The van der Waals surface area contributed by atoms with Gasteiger partial charge in [0, 0.05) is 11.3 Å². The number of methoxy groups -OCH3 is 1. The van der Waals surface area contributed by atoms with E-state index in [0.717, 1.165) is 41.8 Å². The van der Waals surface area contributed by atoms with Crippen LogP contribution in [-0.2, 0) is 12.8 Å². The van der Waals surface area contributed by atoms with Gasteiger partial charge in [0.1, 0.15) is 11.6 Å². The van der Waals surface area contributed by atoms with Gasteiger partial charge in [0.25, 0.3) is 5.91 Å². The number of aromatic nitrogens is 2. The van der Waals surface area contributed by atoms with E-state index >= 15 is 0 Å². The Labute approximate surface area is 156 Å². The van der Waals surface area contributed by atoms with E-state index in [0.29, 0.717) is 17.1 Å². The molecule has 0 saturated carbocycles. The Kier molecular flexibility index (Phi) is 4.39. The number of halogens is 1. The summed E-state index contributed by atoms with van der Waals surface area (Å²) in [6, 6.07) is 11.8. The van der Waals surface area contributed by atoms with Crippen LogP contribution in [0.5, 0.6) is 5.75 Å². The van der Waals surface area contributed by atoms with E-state index in [1.165, 1.54) is 12.1 Å². The van der Waals surface area contributed by atoms with Crippen LogP contribution >= 0.6 is 0 Å². The molecule has 6 heteroatoms. The molecule has 0 bridgehead atoms. The van der Waals surface area contributed by atoms with E-state index in [4.69, 9.17) is 4.74 Å². The molecule has 2 aromatic carbocycles. The fourth-order valence-corrected chi connectivity index (χ4v) is 3.50. The summed E-state index contributed by atoms with van der Waals surface area (Å²) in [7, 11) is 1.57. The summed E-state index contributed by atoms with van der Waals surface area (Å²) < 4.78 is 20.4. The highest BCUT2D eigenvalue weighted by molar-refractivity contribution is 6.05. The molecule has 138 valence electrons. The minimum absolute atomic E-state index is 0.267. The lowest BCUT2D eigenvalue weighted by molar-refractivity contribution is 0.102. The predicted octanol–water partition coefficient (Wildman–Crippen LogP) is 4.07. The molecule has 0 aliphatic heterocycles. The molecule has 27 heavy (non-hydrogen) atoms. The summed E-state index contributed by atoms with van der Waals surface area (Å²) in [5, 5.41) is 7.45. The maximum absolute atomic E-state index is 13.2. The van der Waals surface area contributed by atoms with Crippen molar-refractivity contribution >= 4 is 11.6 Å². The van der Waals surface area contributed by atoms with Crippen molar-refractivity contribution in [3.8, 4) is 11.4 Å². The highest BCUT2D eigenvalue weighted by atomic mass is 19.1. The van der Waals surface area contributed by atoms with Crippen LogP contribution in [0.4, 0.5) is 10.1 Å². The summed E-state index contributed by atoms with van der Waals surface area (Å²) in [6.07, 6.45) is 2.63. The first kappa shape index (κ1) is 17.3. The number of carbonyl (C=O) groups is 1. The third kappa shape index (κ3) is 3.18. The molecule has 1 amide bonds. The van der Waals surface area contributed by atoms with Crippen molar-refractivity contribution in [2.24, 2.45) is 0 Å². The molecular weight excluding hydrogens is 345 g/mol. The molecule has 0 spiro atoms. The minimum atomic E-state index is -0.299. The predicted molar refractivity (Wildman–Crippen MR) is 101 cm³/mol. The molecule has 1 aliphatic carbocycles. The number of aryl methyl sites for hydroxylation is 1. The van der Waals surface area contributed by atoms with E-state index in [-0.39, 0.29) is 11.7 Å². The van der Waals surface area contributed by atoms with E-state index in [2.05, 4.69) is 10.4 Å². The van der Waals surface area contributed by atoms with Gasteiger partial charge in [0.15, 0.2) is 5.69 Å². The number of rotatable bonds is 4. The van der Waals surface area contributed by atoms with Gasteiger partial charge in [-0.3, -0.25) is 4.79 Å². The van der Waals surface area contributed by atoms with Crippen LogP contribution in [0.3, 0.4) is 0 Å². The zero-order valence-corrected chi connectivity index (χ0v) is 15.3. The van der Waals surface area contributed by atoms with Gasteiger partial charge in [-0.15, -0.1) is 0 Å². The average Bonchev–Trinajstić information content (AvgIpc) is 3.26. The van der Waals surface area contributed by atoms with Crippen molar-refractivity contribution in [1.29, 1.82) is 0 Å². The third-order valence-corrected chi connectivity index (χ3v) is 4.82. The molecular formula is C21H20FN3O2. The van der Waals surface area contributed by atoms with Gasteiger partial charge < -0.3 is 10.1 Å². The Hall–Kier alpha value is -3.15. The molecule has 4 rings (SSSR count). The molecule has 1 N–H and O–H groups in total. The quantitative estimate of drug-likeness (QED) is 0.758. The molecule has 0 fully saturated rings. The van der Waals surface area contributed by atoms with E-state index in [9.17, 15) is 9.18 Å². The topological polar surface area (TPSA) is 56.1 Å². The number of carbonyl (C=O) groups excluding carboxylic acids is 1. The maximum Gasteiger partial charge on any atom is 0.276 e.